The summed E-state index contributed by atoms with van der Waals surface area (Å²) in [6.45, 7) is 1.77. The highest BCUT2D eigenvalue weighted by atomic mass is 16.4. The Morgan fingerprint density at radius 2 is 2.06 bits per heavy atom. The summed E-state index contributed by atoms with van der Waals surface area (Å²) in [4.78, 5) is 25.1. The quantitative estimate of drug-likeness (QED) is 0.778. The number of carbonyl (C=O) groups is 2. The normalized spacial score (nSPS) is 26.5. The van der Waals surface area contributed by atoms with E-state index in [0.29, 0.717) is 13.1 Å². The molecule has 1 aliphatic heterocycles. The molecule has 0 aromatic heterocycles. The van der Waals surface area contributed by atoms with E-state index in [4.69, 9.17) is 10.8 Å². The van der Waals surface area contributed by atoms with E-state index in [9.17, 15) is 9.59 Å². The predicted octanol–water partition coefficient (Wildman–Crippen LogP) is 0.829. The van der Waals surface area contributed by atoms with Gasteiger partial charge in [-0.2, -0.15) is 0 Å². The third-order valence-electron chi connectivity index (χ3n) is 4.42. The van der Waals surface area contributed by atoms with E-state index in [1.807, 2.05) is 4.90 Å². The van der Waals surface area contributed by atoms with Gasteiger partial charge in [0.15, 0.2) is 0 Å². The number of likely N-dealkylation sites (tertiary alicyclic amines) is 1. The zero-order valence-corrected chi connectivity index (χ0v) is 10.7. The molecule has 2 aliphatic rings. The predicted molar refractivity (Wildman–Crippen MR) is 66.9 cm³/mol. The Bertz CT molecular complexity index is 334. The minimum Gasteiger partial charge on any atom is -0.481 e. The van der Waals surface area contributed by atoms with Gasteiger partial charge in [0.25, 0.3) is 0 Å². The van der Waals surface area contributed by atoms with Crippen molar-refractivity contribution in [1.29, 1.82) is 0 Å². The van der Waals surface area contributed by atoms with E-state index in [0.717, 1.165) is 38.6 Å². The van der Waals surface area contributed by atoms with E-state index in [-0.39, 0.29) is 23.7 Å². The summed E-state index contributed by atoms with van der Waals surface area (Å²) >= 11 is 0. The second-order valence-corrected chi connectivity index (χ2v) is 5.70. The van der Waals surface area contributed by atoms with E-state index in [1.54, 1.807) is 0 Å². The first kappa shape index (κ1) is 13.3. The lowest BCUT2D eigenvalue weighted by Crippen LogP contribution is -2.54. The Hall–Kier alpha value is -1.10. The van der Waals surface area contributed by atoms with Crippen molar-refractivity contribution in [3.63, 3.8) is 0 Å². The van der Waals surface area contributed by atoms with E-state index in [2.05, 4.69) is 0 Å². The lowest BCUT2D eigenvalue weighted by atomic mass is 9.67. The maximum absolute atomic E-state index is 12.5. The molecular formula is C13H22N2O3. The van der Waals surface area contributed by atoms with E-state index >= 15 is 0 Å². The summed E-state index contributed by atoms with van der Waals surface area (Å²) in [5, 5.41) is 8.83. The highest BCUT2D eigenvalue weighted by molar-refractivity contribution is 5.84. The van der Waals surface area contributed by atoms with Crippen molar-refractivity contribution >= 4 is 11.9 Å². The molecule has 0 bridgehead atoms. The first-order valence-electron chi connectivity index (χ1n) is 6.79. The van der Waals surface area contributed by atoms with Gasteiger partial charge in [0.05, 0.1) is 5.41 Å². The van der Waals surface area contributed by atoms with Gasteiger partial charge in [-0.15, -0.1) is 0 Å². The largest absolute Gasteiger partial charge is 0.481 e. The van der Waals surface area contributed by atoms with Crippen LogP contribution >= 0.6 is 0 Å². The molecule has 18 heavy (non-hydrogen) atoms. The molecule has 0 aromatic rings. The van der Waals surface area contributed by atoms with Crippen LogP contribution in [0.15, 0.2) is 0 Å². The van der Waals surface area contributed by atoms with Crippen LogP contribution in [0.2, 0.25) is 0 Å². The average molecular weight is 254 g/mol. The van der Waals surface area contributed by atoms with Crippen LogP contribution in [0.1, 0.15) is 38.5 Å². The molecule has 0 spiro atoms. The topological polar surface area (TPSA) is 83.6 Å². The van der Waals surface area contributed by atoms with Crippen molar-refractivity contribution < 1.29 is 14.7 Å². The fraction of sp³-hybridized carbons (Fsp3) is 0.846. The summed E-state index contributed by atoms with van der Waals surface area (Å²) in [7, 11) is 0. The first-order chi connectivity index (χ1) is 8.57. The Balaban J connectivity index is 1.96. The fourth-order valence-corrected chi connectivity index (χ4v) is 3.11. The summed E-state index contributed by atoms with van der Waals surface area (Å²) in [6, 6.07) is 0. The number of hydrogen-bond donors (Lipinski definition) is 2. The smallest absolute Gasteiger partial charge is 0.303 e. The van der Waals surface area contributed by atoms with Crippen molar-refractivity contribution in [2.24, 2.45) is 17.1 Å². The molecule has 1 aliphatic carbocycles. The molecule has 0 radical (unpaired) electrons. The standard InChI is InChI=1S/C13H22N2O3/c14-9-13(4-2-5-13)12(18)15-6-1-3-10(8-15)7-11(16)17/h10H,1-9,14H2,(H,16,17). The number of nitrogens with zero attached hydrogens (tertiary/aromatic N) is 1. The van der Waals surface area contributed by atoms with Gasteiger partial charge >= 0.3 is 5.97 Å². The molecular weight excluding hydrogens is 232 g/mol. The average Bonchev–Trinajstić information content (AvgIpc) is 2.27. The highest BCUT2D eigenvalue weighted by Gasteiger charge is 2.45. The molecule has 2 rings (SSSR count). The lowest BCUT2D eigenvalue weighted by molar-refractivity contribution is -0.150. The van der Waals surface area contributed by atoms with Gasteiger partial charge in [-0.3, -0.25) is 9.59 Å². The van der Waals surface area contributed by atoms with Crippen LogP contribution < -0.4 is 5.73 Å². The molecule has 1 heterocycles. The minimum absolute atomic E-state index is 0.107. The van der Waals surface area contributed by atoms with Crippen LogP contribution in [0.5, 0.6) is 0 Å². The van der Waals surface area contributed by atoms with Gasteiger partial charge in [-0.1, -0.05) is 6.42 Å². The highest BCUT2D eigenvalue weighted by Crippen LogP contribution is 2.42. The van der Waals surface area contributed by atoms with Crippen LogP contribution in [-0.4, -0.2) is 41.5 Å². The number of carbonyl (C=O) groups excluding carboxylic acids is 1. The molecule has 1 amide bonds. The fourth-order valence-electron chi connectivity index (χ4n) is 3.11. The second kappa shape index (κ2) is 5.26. The number of amides is 1. The third-order valence-corrected chi connectivity index (χ3v) is 4.42. The van der Waals surface area contributed by atoms with Gasteiger partial charge in [0.2, 0.25) is 5.91 Å². The molecule has 2 fully saturated rings. The Kier molecular flexibility index (Phi) is 3.90. The van der Waals surface area contributed by atoms with Gasteiger partial charge in [0, 0.05) is 26.1 Å². The molecule has 102 valence electrons. The van der Waals surface area contributed by atoms with Crippen LogP contribution in [0.3, 0.4) is 0 Å². The maximum Gasteiger partial charge on any atom is 0.303 e. The van der Waals surface area contributed by atoms with Gasteiger partial charge in [0.1, 0.15) is 0 Å². The molecule has 1 unspecified atom stereocenters. The SMILES string of the molecule is NCC1(C(=O)N2CCCC(CC(=O)O)C2)CCC1. The number of rotatable bonds is 4. The molecule has 0 aromatic carbocycles. The maximum atomic E-state index is 12.5. The number of hydrogen-bond acceptors (Lipinski definition) is 3. The molecule has 1 saturated carbocycles. The van der Waals surface area contributed by atoms with Crippen molar-refractivity contribution in [1.82, 2.24) is 4.90 Å². The van der Waals surface area contributed by atoms with E-state index < -0.39 is 5.97 Å². The number of aliphatic carboxylic acids is 1. The zero-order valence-electron chi connectivity index (χ0n) is 10.7. The summed E-state index contributed by atoms with van der Waals surface area (Å²) in [5.74, 6) is -0.507. The summed E-state index contributed by atoms with van der Waals surface area (Å²) < 4.78 is 0. The molecule has 1 atom stereocenters. The molecule has 5 nitrogen and oxygen atoms in total. The Morgan fingerprint density at radius 1 is 1.33 bits per heavy atom. The Morgan fingerprint density at radius 3 is 2.56 bits per heavy atom. The lowest BCUT2D eigenvalue weighted by Gasteiger charge is -2.44. The van der Waals surface area contributed by atoms with Gasteiger partial charge in [-0.05, 0) is 31.6 Å². The number of nitrogens with two attached hydrogens (primary N) is 1. The number of carboxylic acids is 1. The summed E-state index contributed by atoms with van der Waals surface area (Å²) in [5.41, 5.74) is 5.42. The van der Waals surface area contributed by atoms with Crippen LogP contribution in [-0.2, 0) is 9.59 Å². The molecule has 1 saturated heterocycles. The van der Waals surface area contributed by atoms with Crippen LogP contribution in [0.4, 0.5) is 0 Å². The molecule has 5 heteroatoms. The minimum atomic E-state index is -0.772. The van der Waals surface area contributed by atoms with Gasteiger partial charge < -0.3 is 15.7 Å². The van der Waals surface area contributed by atoms with Gasteiger partial charge in [-0.25, -0.2) is 0 Å². The first-order valence-corrected chi connectivity index (χ1v) is 6.79. The van der Waals surface area contributed by atoms with Crippen molar-refractivity contribution in [3.8, 4) is 0 Å². The monoisotopic (exact) mass is 254 g/mol. The Labute approximate surface area is 107 Å². The second-order valence-electron chi connectivity index (χ2n) is 5.70. The van der Waals surface area contributed by atoms with Crippen LogP contribution in [0, 0.1) is 11.3 Å². The van der Waals surface area contributed by atoms with Crippen molar-refractivity contribution in [2.45, 2.75) is 38.5 Å². The van der Waals surface area contributed by atoms with Crippen molar-refractivity contribution in [2.75, 3.05) is 19.6 Å². The summed E-state index contributed by atoms with van der Waals surface area (Å²) in [6.07, 6.45) is 4.84. The third kappa shape index (κ3) is 2.51. The molecule has 3 N–H and O–H groups in total. The number of carboxylic acid groups (broad SMARTS) is 1. The number of piperidine rings is 1. The van der Waals surface area contributed by atoms with Crippen molar-refractivity contribution in [3.05, 3.63) is 0 Å². The zero-order chi connectivity index (χ0) is 13.2. The van der Waals surface area contributed by atoms with E-state index in [1.165, 1.54) is 0 Å². The van der Waals surface area contributed by atoms with Crippen LogP contribution in [0.25, 0.3) is 0 Å².